The van der Waals surface area contributed by atoms with E-state index >= 15 is 0 Å². The van der Waals surface area contributed by atoms with E-state index < -0.39 is 11.9 Å². The van der Waals surface area contributed by atoms with Crippen molar-refractivity contribution in [3.63, 3.8) is 0 Å². The van der Waals surface area contributed by atoms with E-state index in [1.807, 2.05) is 13.8 Å². The molecule has 2 N–H and O–H groups in total. The van der Waals surface area contributed by atoms with E-state index in [4.69, 9.17) is 0 Å². The molecule has 7 heteroatoms. The van der Waals surface area contributed by atoms with Crippen LogP contribution in [0.4, 0.5) is 11.4 Å². The normalized spacial score (nSPS) is 10.2. The number of aromatic nitrogens is 1. The molecule has 104 valence electrons. The van der Waals surface area contributed by atoms with Crippen molar-refractivity contribution < 1.29 is 14.3 Å². The van der Waals surface area contributed by atoms with Crippen LogP contribution in [0.1, 0.15) is 20.8 Å². The van der Waals surface area contributed by atoms with E-state index in [9.17, 15) is 9.59 Å². The number of halogens is 1. The number of nitrogens with one attached hydrogen (secondary N) is 2. The average Bonchev–Trinajstić information content (AvgIpc) is 2.29. The molecule has 0 unspecified atom stereocenters. The molecule has 0 atom stereocenters. The first kappa shape index (κ1) is 15.4. The van der Waals surface area contributed by atoms with Crippen molar-refractivity contribution in [3.05, 3.63) is 16.9 Å². The summed E-state index contributed by atoms with van der Waals surface area (Å²) in [6, 6.07) is 1.97. The van der Waals surface area contributed by atoms with E-state index in [1.54, 1.807) is 6.07 Å². The summed E-state index contributed by atoms with van der Waals surface area (Å²) in [5.74, 6) is -0.907. The maximum Gasteiger partial charge on any atom is 0.303 e. The van der Waals surface area contributed by atoms with E-state index in [1.165, 1.54) is 13.1 Å². The fraction of sp³-hybridized carbons (Fsp3) is 0.417. The maximum atomic E-state index is 11.6. The molecule has 0 saturated heterocycles. The van der Waals surface area contributed by atoms with E-state index in [2.05, 4.69) is 36.3 Å². The van der Waals surface area contributed by atoms with E-state index in [0.29, 0.717) is 10.3 Å². The molecule has 0 spiro atoms. The summed E-state index contributed by atoms with van der Waals surface area (Å²) in [5, 5.41) is 5.83. The first-order chi connectivity index (χ1) is 8.88. The van der Waals surface area contributed by atoms with Crippen LogP contribution in [0.5, 0.6) is 0 Å². The van der Waals surface area contributed by atoms with Gasteiger partial charge in [0.1, 0.15) is 4.60 Å². The van der Waals surface area contributed by atoms with E-state index in [0.717, 1.165) is 5.69 Å². The molecule has 0 aliphatic heterocycles. The quantitative estimate of drug-likeness (QED) is 0.639. The number of amides is 1. The highest BCUT2D eigenvalue weighted by Crippen LogP contribution is 2.24. The first-order valence-corrected chi connectivity index (χ1v) is 6.53. The lowest BCUT2D eigenvalue weighted by atomic mass is 10.3. The van der Waals surface area contributed by atoms with Crippen molar-refractivity contribution in [1.29, 1.82) is 0 Å². The Hall–Kier alpha value is -1.63. The van der Waals surface area contributed by atoms with Crippen LogP contribution >= 0.6 is 15.9 Å². The number of carbonyl (C=O) groups is 2. The summed E-state index contributed by atoms with van der Waals surface area (Å²) in [6.07, 6.45) is 1.53. The molecule has 6 nitrogen and oxygen atoms in total. The van der Waals surface area contributed by atoms with Gasteiger partial charge in [0, 0.05) is 13.0 Å². The minimum Gasteiger partial charge on any atom is -0.456 e. The van der Waals surface area contributed by atoms with Gasteiger partial charge in [0.25, 0.3) is 5.91 Å². The van der Waals surface area contributed by atoms with Gasteiger partial charge in [0.05, 0.1) is 17.6 Å². The number of anilines is 2. The van der Waals surface area contributed by atoms with Crippen molar-refractivity contribution in [2.75, 3.05) is 17.2 Å². The zero-order valence-electron chi connectivity index (χ0n) is 11.0. The summed E-state index contributed by atoms with van der Waals surface area (Å²) in [5.41, 5.74) is 1.28. The predicted octanol–water partition coefficient (Wildman–Crippen LogP) is 2.17. The van der Waals surface area contributed by atoms with Gasteiger partial charge in [0.15, 0.2) is 6.61 Å². The summed E-state index contributed by atoms with van der Waals surface area (Å²) in [7, 11) is 0. The van der Waals surface area contributed by atoms with Crippen LogP contribution in [0.25, 0.3) is 0 Å². The van der Waals surface area contributed by atoms with Crippen molar-refractivity contribution in [2.24, 2.45) is 0 Å². The molecule has 1 aromatic rings. The third-order valence-electron chi connectivity index (χ3n) is 2.00. The van der Waals surface area contributed by atoms with Gasteiger partial charge in [-0.1, -0.05) is 0 Å². The summed E-state index contributed by atoms with van der Waals surface area (Å²) < 4.78 is 5.28. The molecule has 1 amide bonds. The Bertz CT molecular complexity index is 477. The van der Waals surface area contributed by atoms with Crippen LogP contribution in [-0.4, -0.2) is 29.5 Å². The zero-order chi connectivity index (χ0) is 14.4. The third-order valence-corrected chi connectivity index (χ3v) is 2.43. The minimum atomic E-state index is -0.496. The summed E-state index contributed by atoms with van der Waals surface area (Å²) in [6.45, 7) is 4.91. The van der Waals surface area contributed by atoms with Crippen LogP contribution in [-0.2, 0) is 14.3 Å². The molecular weight excluding hydrogens is 314 g/mol. The van der Waals surface area contributed by atoms with Gasteiger partial charge >= 0.3 is 5.97 Å². The molecule has 0 saturated carbocycles. The molecule has 0 aliphatic carbocycles. The summed E-state index contributed by atoms with van der Waals surface area (Å²) >= 11 is 3.27. The second kappa shape index (κ2) is 7.08. The second-order valence-electron chi connectivity index (χ2n) is 4.18. The van der Waals surface area contributed by atoms with Crippen molar-refractivity contribution in [2.45, 2.75) is 26.8 Å². The van der Waals surface area contributed by atoms with Gasteiger partial charge in [-0.3, -0.25) is 9.59 Å². The SMILES string of the molecule is CC(=O)OCC(=O)Nc1cnc(Br)cc1NC(C)C. The van der Waals surface area contributed by atoms with Gasteiger partial charge < -0.3 is 15.4 Å². The predicted molar refractivity (Wildman–Crippen MR) is 76.0 cm³/mol. The lowest BCUT2D eigenvalue weighted by Gasteiger charge is -2.15. The fourth-order valence-electron chi connectivity index (χ4n) is 1.31. The lowest BCUT2D eigenvalue weighted by molar-refractivity contribution is -0.144. The van der Waals surface area contributed by atoms with Gasteiger partial charge in [0.2, 0.25) is 0 Å². The van der Waals surface area contributed by atoms with E-state index in [-0.39, 0.29) is 12.6 Å². The molecule has 0 fully saturated rings. The fourth-order valence-corrected chi connectivity index (χ4v) is 1.64. The highest BCUT2D eigenvalue weighted by molar-refractivity contribution is 9.10. The highest BCUT2D eigenvalue weighted by Gasteiger charge is 2.10. The largest absolute Gasteiger partial charge is 0.456 e. The van der Waals surface area contributed by atoms with Crippen LogP contribution in [0.2, 0.25) is 0 Å². The standard InChI is InChI=1S/C12H16BrN3O3/c1-7(2)15-9-4-11(13)14-5-10(9)16-12(18)6-19-8(3)17/h4-5,7H,6H2,1-3H3,(H,14,15)(H,16,18). The molecule has 0 aliphatic rings. The van der Waals surface area contributed by atoms with Crippen molar-refractivity contribution in [1.82, 2.24) is 4.98 Å². The Kier molecular flexibility index (Phi) is 5.75. The Morgan fingerprint density at radius 3 is 2.68 bits per heavy atom. The van der Waals surface area contributed by atoms with Crippen LogP contribution < -0.4 is 10.6 Å². The van der Waals surface area contributed by atoms with Crippen LogP contribution in [0.3, 0.4) is 0 Å². The number of nitrogens with zero attached hydrogens (tertiary/aromatic N) is 1. The van der Waals surface area contributed by atoms with Gasteiger partial charge in [-0.25, -0.2) is 4.98 Å². The number of rotatable bonds is 5. The van der Waals surface area contributed by atoms with Crippen LogP contribution in [0.15, 0.2) is 16.9 Å². The number of esters is 1. The average molecular weight is 330 g/mol. The molecule has 19 heavy (non-hydrogen) atoms. The molecule has 1 aromatic heterocycles. The number of carbonyl (C=O) groups excluding carboxylic acids is 2. The van der Waals surface area contributed by atoms with Crippen molar-refractivity contribution in [3.8, 4) is 0 Å². The van der Waals surface area contributed by atoms with Crippen molar-refractivity contribution >= 4 is 39.2 Å². The number of hydrogen-bond acceptors (Lipinski definition) is 5. The minimum absolute atomic E-state index is 0.207. The number of ether oxygens (including phenoxy) is 1. The van der Waals surface area contributed by atoms with Crippen LogP contribution in [0, 0.1) is 0 Å². The lowest BCUT2D eigenvalue weighted by Crippen LogP contribution is -2.21. The Morgan fingerprint density at radius 2 is 2.11 bits per heavy atom. The summed E-state index contributed by atoms with van der Waals surface area (Å²) in [4.78, 5) is 26.3. The van der Waals surface area contributed by atoms with Gasteiger partial charge in [-0.05, 0) is 35.8 Å². The molecule has 0 radical (unpaired) electrons. The topological polar surface area (TPSA) is 80.3 Å². The second-order valence-corrected chi connectivity index (χ2v) is 4.99. The Morgan fingerprint density at radius 1 is 1.42 bits per heavy atom. The smallest absolute Gasteiger partial charge is 0.303 e. The molecule has 0 aromatic carbocycles. The third kappa shape index (κ3) is 5.69. The molecular formula is C12H16BrN3O3. The van der Waals surface area contributed by atoms with Gasteiger partial charge in [-0.15, -0.1) is 0 Å². The molecule has 0 bridgehead atoms. The first-order valence-electron chi connectivity index (χ1n) is 5.73. The number of hydrogen-bond donors (Lipinski definition) is 2. The monoisotopic (exact) mass is 329 g/mol. The molecule has 1 rings (SSSR count). The maximum absolute atomic E-state index is 11.6. The Balaban J connectivity index is 2.76. The zero-order valence-corrected chi connectivity index (χ0v) is 12.6. The van der Waals surface area contributed by atoms with Gasteiger partial charge in [-0.2, -0.15) is 0 Å². The highest BCUT2D eigenvalue weighted by atomic mass is 79.9. The number of pyridine rings is 1. The molecule has 1 heterocycles. The Labute approximate surface area is 120 Å².